The van der Waals surface area contributed by atoms with E-state index in [1.54, 1.807) is 5.38 Å². The van der Waals surface area contributed by atoms with E-state index >= 15 is 0 Å². The summed E-state index contributed by atoms with van der Waals surface area (Å²) in [6.45, 7) is 1.91. The average molecular weight is 318 g/mol. The predicted octanol–water partition coefficient (Wildman–Crippen LogP) is 1.64. The molecule has 118 valence electrons. The molecule has 3 N–H and O–H groups in total. The Bertz CT molecular complexity index is 624. The summed E-state index contributed by atoms with van der Waals surface area (Å²) in [4.78, 5) is 18.6. The molecule has 2 aromatic rings. The first-order valence-electron chi connectivity index (χ1n) is 7.24. The van der Waals surface area contributed by atoms with Crippen LogP contribution in [-0.4, -0.2) is 36.4 Å². The molecule has 0 atom stereocenters. The Kier molecular flexibility index (Phi) is 6.06. The molecule has 0 saturated carbocycles. The number of hydrogen-bond donors (Lipinski definition) is 2. The van der Waals surface area contributed by atoms with Gasteiger partial charge in [0.25, 0.3) is 5.91 Å². The van der Waals surface area contributed by atoms with Crippen LogP contribution in [0, 0.1) is 0 Å². The number of thiazole rings is 1. The lowest BCUT2D eigenvalue weighted by molar-refractivity contribution is 0.0946. The monoisotopic (exact) mass is 318 g/mol. The third-order valence-corrected chi connectivity index (χ3v) is 4.10. The van der Waals surface area contributed by atoms with Crippen molar-refractivity contribution < 1.29 is 4.79 Å². The van der Waals surface area contributed by atoms with Gasteiger partial charge in [-0.05, 0) is 31.8 Å². The molecule has 2 rings (SSSR count). The molecule has 6 heteroatoms. The van der Waals surface area contributed by atoms with Crippen LogP contribution in [0.15, 0.2) is 29.6 Å². The summed E-state index contributed by atoms with van der Waals surface area (Å²) in [5.41, 5.74) is 8.31. The van der Waals surface area contributed by atoms with Crippen molar-refractivity contribution in [3.05, 3.63) is 51.5 Å². The molecule has 0 fully saturated rings. The van der Waals surface area contributed by atoms with Crippen LogP contribution in [0.2, 0.25) is 0 Å². The lowest BCUT2D eigenvalue weighted by atomic mass is 10.1. The lowest BCUT2D eigenvalue weighted by Crippen LogP contribution is -2.24. The van der Waals surface area contributed by atoms with Gasteiger partial charge in [-0.25, -0.2) is 4.98 Å². The van der Waals surface area contributed by atoms with Gasteiger partial charge in [0, 0.05) is 24.9 Å². The third-order valence-electron chi connectivity index (χ3n) is 3.19. The van der Waals surface area contributed by atoms with Gasteiger partial charge >= 0.3 is 0 Å². The van der Waals surface area contributed by atoms with Gasteiger partial charge in [-0.15, -0.1) is 11.3 Å². The molecule has 1 aromatic carbocycles. The van der Waals surface area contributed by atoms with Gasteiger partial charge < -0.3 is 16.0 Å². The first-order chi connectivity index (χ1) is 10.6. The molecule has 0 saturated heterocycles. The van der Waals surface area contributed by atoms with E-state index in [1.165, 1.54) is 16.9 Å². The van der Waals surface area contributed by atoms with E-state index < -0.39 is 0 Å². The second-order valence-electron chi connectivity index (χ2n) is 5.35. The molecular formula is C16H22N4OS. The number of hydrogen-bond acceptors (Lipinski definition) is 5. The van der Waals surface area contributed by atoms with Crippen LogP contribution in [0.3, 0.4) is 0 Å². The molecule has 0 spiro atoms. The summed E-state index contributed by atoms with van der Waals surface area (Å²) in [5, 5.41) is 5.63. The van der Waals surface area contributed by atoms with Crippen molar-refractivity contribution in [3.63, 3.8) is 0 Å². The van der Waals surface area contributed by atoms with Crippen molar-refractivity contribution in [2.45, 2.75) is 19.5 Å². The highest BCUT2D eigenvalue weighted by molar-refractivity contribution is 7.09. The number of nitrogens with one attached hydrogen (secondary N) is 1. The van der Waals surface area contributed by atoms with Gasteiger partial charge in [-0.1, -0.05) is 24.3 Å². The second-order valence-corrected chi connectivity index (χ2v) is 6.30. The van der Waals surface area contributed by atoms with E-state index in [-0.39, 0.29) is 5.91 Å². The Balaban J connectivity index is 1.98. The Morgan fingerprint density at radius 2 is 2.05 bits per heavy atom. The van der Waals surface area contributed by atoms with E-state index in [1.807, 2.05) is 32.3 Å². The van der Waals surface area contributed by atoms with E-state index in [9.17, 15) is 4.79 Å². The van der Waals surface area contributed by atoms with Crippen LogP contribution in [-0.2, 0) is 19.5 Å². The summed E-state index contributed by atoms with van der Waals surface area (Å²) in [5.74, 6) is -0.140. The van der Waals surface area contributed by atoms with Crippen molar-refractivity contribution >= 4 is 17.2 Å². The largest absolute Gasteiger partial charge is 0.347 e. The fourth-order valence-electron chi connectivity index (χ4n) is 2.14. The maximum absolute atomic E-state index is 12.2. The highest BCUT2D eigenvalue weighted by atomic mass is 32.1. The molecule has 5 nitrogen and oxygen atoms in total. The van der Waals surface area contributed by atoms with Crippen LogP contribution in [0.1, 0.15) is 26.6 Å². The molecule has 0 aliphatic rings. The molecule has 0 bridgehead atoms. The summed E-state index contributed by atoms with van der Waals surface area (Å²) in [6.07, 6.45) is 0.712. The number of carbonyl (C=O) groups is 1. The maximum atomic E-state index is 12.2. The Morgan fingerprint density at radius 3 is 2.73 bits per heavy atom. The lowest BCUT2D eigenvalue weighted by Gasteiger charge is -2.14. The van der Waals surface area contributed by atoms with E-state index in [4.69, 9.17) is 5.73 Å². The minimum Gasteiger partial charge on any atom is -0.347 e. The fourth-order valence-corrected chi connectivity index (χ4v) is 2.94. The van der Waals surface area contributed by atoms with E-state index in [2.05, 4.69) is 21.3 Å². The van der Waals surface area contributed by atoms with E-state index in [0.717, 1.165) is 17.1 Å². The number of rotatable bonds is 7. The zero-order valence-corrected chi connectivity index (χ0v) is 13.8. The van der Waals surface area contributed by atoms with Crippen molar-refractivity contribution in [1.29, 1.82) is 0 Å². The summed E-state index contributed by atoms with van der Waals surface area (Å²) < 4.78 is 0. The molecule has 0 aliphatic heterocycles. The summed E-state index contributed by atoms with van der Waals surface area (Å²) in [6, 6.07) is 8.14. The number of benzene rings is 1. The third kappa shape index (κ3) is 4.62. The maximum Gasteiger partial charge on any atom is 0.271 e. The predicted molar refractivity (Wildman–Crippen MR) is 89.9 cm³/mol. The summed E-state index contributed by atoms with van der Waals surface area (Å²) >= 11 is 1.48. The number of carbonyl (C=O) groups excluding carboxylic acids is 1. The molecule has 1 heterocycles. The van der Waals surface area contributed by atoms with Gasteiger partial charge in [0.2, 0.25) is 0 Å². The van der Waals surface area contributed by atoms with Crippen molar-refractivity contribution in [1.82, 2.24) is 15.2 Å². The quantitative estimate of drug-likeness (QED) is 0.814. The van der Waals surface area contributed by atoms with Crippen LogP contribution in [0.25, 0.3) is 0 Å². The average Bonchev–Trinajstić information content (AvgIpc) is 2.94. The first kappa shape index (κ1) is 16.6. The molecule has 22 heavy (non-hydrogen) atoms. The summed E-state index contributed by atoms with van der Waals surface area (Å²) in [7, 11) is 4.06. The fraction of sp³-hybridized carbons (Fsp3) is 0.375. The van der Waals surface area contributed by atoms with Crippen LogP contribution in [0.4, 0.5) is 0 Å². The minimum absolute atomic E-state index is 0.140. The topological polar surface area (TPSA) is 71.2 Å². The zero-order valence-electron chi connectivity index (χ0n) is 13.0. The molecular weight excluding hydrogens is 296 g/mol. The number of nitrogens with two attached hydrogens (primary N) is 1. The van der Waals surface area contributed by atoms with Crippen LogP contribution >= 0.6 is 11.3 Å². The number of amides is 1. The smallest absolute Gasteiger partial charge is 0.271 e. The van der Waals surface area contributed by atoms with Crippen LogP contribution in [0.5, 0.6) is 0 Å². The van der Waals surface area contributed by atoms with Crippen molar-refractivity contribution in [3.8, 4) is 0 Å². The Hall–Kier alpha value is -1.76. The number of aromatic nitrogens is 1. The highest BCUT2D eigenvalue weighted by Crippen LogP contribution is 2.12. The van der Waals surface area contributed by atoms with Crippen molar-refractivity contribution in [2.24, 2.45) is 5.73 Å². The SMILES string of the molecule is CN(C)Cc1ccccc1CNC(=O)c1csc(CCN)n1. The van der Waals surface area contributed by atoms with Gasteiger partial charge in [0.1, 0.15) is 5.69 Å². The standard InChI is InChI=1S/C16H22N4OS/c1-20(2)10-13-6-4-3-5-12(13)9-18-16(21)14-11-22-15(19-14)7-8-17/h3-6,11H,7-10,17H2,1-2H3,(H,18,21). The minimum atomic E-state index is -0.140. The van der Waals surface area contributed by atoms with Gasteiger partial charge in [0.15, 0.2) is 0 Å². The van der Waals surface area contributed by atoms with Crippen LogP contribution < -0.4 is 11.1 Å². The van der Waals surface area contributed by atoms with Gasteiger partial charge in [0.05, 0.1) is 5.01 Å². The normalized spacial score (nSPS) is 10.9. The van der Waals surface area contributed by atoms with E-state index in [0.29, 0.717) is 25.2 Å². The first-order valence-corrected chi connectivity index (χ1v) is 8.12. The van der Waals surface area contributed by atoms with Crippen molar-refractivity contribution in [2.75, 3.05) is 20.6 Å². The molecule has 0 radical (unpaired) electrons. The molecule has 0 aliphatic carbocycles. The molecule has 1 aromatic heterocycles. The van der Waals surface area contributed by atoms with Gasteiger partial charge in [-0.2, -0.15) is 0 Å². The highest BCUT2D eigenvalue weighted by Gasteiger charge is 2.11. The zero-order chi connectivity index (χ0) is 15.9. The molecule has 0 unspecified atom stereocenters. The Morgan fingerprint density at radius 1 is 1.32 bits per heavy atom. The molecule has 1 amide bonds. The second kappa shape index (κ2) is 8.03. The van der Waals surface area contributed by atoms with Gasteiger partial charge in [-0.3, -0.25) is 4.79 Å². The number of nitrogens with zero attached hydrogens (tertiary/aromatic N) is 2. The Labute approximate surface area is 135 Å².